The predicted octanol–water partition coefficient (Wildman–Crippen LogP) is 5.38. The maximum Gasteiger partial charge on any atom is 0.227 e. The van der Waals surface area contributed by atoms with Crippen LogP contribution in [0.25, 0.3) is 0 Å². The molecule has 2 amide bonds. The third-order valence-corrected chi connectivity index (χ3v) is 6.20. The highest BCUT2D eigenvalue weighted by Crippen LogP contribution is 2.40. The van der Waals surface area contributed by atoms with Crippen molar-refractivity contribution in [2.75, 3.05) is 15.5 Å². The van der Waals surface area contributed by atoms with E-state index in [1.807, 2.05) is 47.4 Å². The van der Waals surface area contributed by atoms with Gasteiger partial charge in [0.05, 0.1) is 6.04 Å². The molecule has 2 atom stereocenters. The molecule has 1 fully saturated rings. The van der Waals surface area contributed by atoms with E-state index in [9.17, 15) is 9.59 Å². The fraction of sp³-hybridized carbons (Fsp3) is 0.391. The Morgan fingerprint density at radius 3 is 2.38 bits per heavy atom. The van der Waals surface area contributed by atoms with E-state index in [4.69, 9.17) is 11.6 Å². The number of nitrogens with zero attached hydrogens (tertiary/aromatic N) is 1. The van der Waals surface area contributed by atoms with E-state index in [1.165, 1.54) is 0 Å². The fourth-order valence-electron chi connectivity index (χ4n) is 4.22. The monoisotopic (exact) mass is 411 g/mol. The Balaban J connectivity index is 1.65. The first kappa shape index (κ1) is 19.8. The van der Waals surface area contributed by atoms with E-state index >= 15 is 0 Å². The summed E-state index contributed by atoms with van der Waals surface area (Å²) in [6.45, 7) is 3.66. The van der Waals surface area contributed by atoms with Crippen LogP contribution in [0.4, 0.5) is 17.1 Å². The maximum absolute atomic E-state index is 12.4. The van der Waals surface area contributed by atoms with Crippen LogP contribution in [0.15, 0.2) is 42.5 Å². The Kier molecular flexibility index (Phi) is 5.50. The van der Waals surface area contributed by atoms with Crippen LogP contribution in [-0.2, 0) is 9.59 Å². The number of halogens is 1. The number of hydrogen-bond acceptors (Lipinski definition) is 3. The molecule has 2 N–H and O–H groups in total. The molecule has 6 heteroatoms. The number of nitrogens with one attached hydrogen (secondary N) is 2. The molecular weight excluding hydrogens is 386 g/mol. The molecular formula is C23H26ClN3O2. The molecule has 2 aliphatic rings. The third kappa shape index (κ3) is 4.10. The average Bonchev–Trinajstić information content (AvgIpc) is 2.62. The molecule has 1 heterocycles. The number of amides is 2. The van der Waals surface area contributed by atoms with Gasteiger partial charge in [0.15, 0.2) is 0 Å². The van der Waals surface area contributed by atoms with Crippen molar-refractivity contribution in [2.24, 2.45) is 5.92 Å². The molecule has 1 aliphatic carbocycles. The van der Waals surface area contributed by atoms with Gasteiger partial charge < -0.3 is 15.5 Å². The van der Waals surface area contributed by atoms with Gasteiger partial charge in [-0.05, 0) is 68.7 Å². The van der Waals surface area contributed by atoms with Crippen molar-refractivity contribution in [1.82, 2.24) is 0 Å². The standard InChI is InChI=1S/C23H26ClN3O2/c1-14-12-21(25-18-8-6-17(24)7-9-18)20-13-19(26-23(29)16-4-3-5-16)10-11-22(20)27(14)15(2)28/h6-11,13-14,16,21,25H,3-5,12H2,1-2H3,(H,26,29). The lowest BCUT2D eigenvalue weighted by Crippen LogP contribution is -2.43. The summed E-state index contributed by atoms with van der Waals surface area (Å²) >= 11 is 6.01. The van der Waals surface area contributed by atoms with Gasteiger partial charge in [-0.1, -0.05) is 18.0 Å². The highest BCUT2D eigenvalue weighted by Gasteiger charge is 2.33. The first-order valence-electron chi connectivity index (χ1n) is 10.2. The maximum atomic E-state index is 12.4. The van der Waals surface area contributed by atoms with Crippen molar-refractivity contribution in [3.63, 3.8) is 0 Å². The van der Waals surface area contributed by atoms with E-state index < -0.39 is 0 Å². The number of rotatable bonds is 4. The molecule has 152 valence electrons. The molecule has 5 nitrogen and oxygen atoms in total. The van der Waals surface area contributed by atoms with Crippen molar-refractivity contribution in [3.8, 4) is 0 Å². The molecule has 1 aliphatic heterocycles. The van der Waals surface area contributed by atoms with Crippen molar-refractivity contribution < 1.29 is 9.59 Å². The second kappa shape index (κ2) is 8.07. The molecule has 2 aromatic rings. The highest BCUT2D eigenvalue weighted by molar-refractivity contribution is 6.30. The summed E-state index contributed by atoms with van der Waals surface area (Å²) in [6.07, 6.45) is 3.83. The van der Waals surface area contributed by atoms with Gasteiger partial charge in [-0.25, -0.2) is 0 Å². The normalized spacial score (nSPS) is 21.1. The zero-order valence-corrected chi connectivity index (χ0v) is 17.5. The summed E-state index contributed by atoms with van der Waals surface area (Å²) in [4.78, 5) is 26.5. The van der Waals surface area contributed by atoms with Crippen LogP contribution in [0.1, 0.15) is 51.1 Å². The lowest BCUT2D eigenvalue weighted by Gasteiger charge is -2.39. The lowest BCUT2D eigenvalue weighted by atomic mass is 9.84. The molecule has 0 spiro atoms. The van der Waals surface area contributed by atoms with Gasteiger partial charge in [-0.3, -0.25) is 9.59 Å². The Bertz CT molecular complexity index is 924. The van der Waals surface area contributed by atoms with E-state index in [1.54, 1.807) is 6.92 Å². The van der Waals surface area contributed by atoms with Crippen LogP contribution in [0.2, 0.25) is 5.02 Å². The summed E-state index contributed by atoms with van der Waals surface area (Å²) in [6, 6.07) is 13.5. The number of carbonyl (C=O) groups is 2. The van der Waals surface area contributed by atoms with Crippen LogP contribution in [0, 0.1) is 5.92 Å². The van der Waals surface area contributed by atoms with Crippen LogP contribution >= 0.6 is 11.6 Å². The summed E-state index contributed by atoms with van der Waals surface area (Å²) in [5.41, 5.74) is 3.66. The number of fused-ring (bicyclic) bond motifs is 1. The van der Waals surface area contributed by atoms with Crippen molar-refractivity contribution in [1.29, 1.82) is 0 Å². The molecule has 0 aromatic heterocycles. The van der Waals surface area contributed by atoms with Crippen molar-refractivity contribution in [2.45, 2.75) is 51.6 Å². The molecule has 0 saturated heterocycles. The molecule has 2 aromatic carbocycles. The second-order valence-electron chi connectivity index (χ2n) is 8.07. The van der Waals surface area contributed by atoms with Gasteiger partial charge in [0.1, 0.15) is 0 Å². The van der Waals surface area contributed by atoms with Crippen molar-refractivity contribution >= 4 is 40.5 Å². The Morgan fingerprint density at radius 2 is 1.76 bits per heavy atom. The van der Waals surface area contributed by atoms with E-state index in [0.717, 1.165) is 48.3 Å². The molecule has 0 bridgehead atoms. The largest absolute Gasteiger partial charge is 0.378 e. The molecule has 29 heavy (non-hydrogen) atoms. The van der Waals surface area contributed by atoms with Crippen LogP contribution < -0.4 is 15.5 Å². The zero-order valence-electron chi connectivity index (χ0n) is 16.7. The number of carbonyl (C=O) groups excluding carboxylic acids is 2. The first-order chi connectivity index (χ1) is 13.9. The quantitative estimate of drug-likeness (QED) is 0.710. The van der Waals surface area contributed by atoms with Gasteiger partial charge in [-0.2, -0.15) is 0 Å². The summed E-state index contributed by atoms with van der Waals surface area (Å²) < 4.78 is 0. The van der Waals surface area contributed by atoms with Crippen LogP contribution in [-0.4, -0.2) is 17.9 Å². The van der Waals surface area contributed by atoms with Gasteiger partial charge in [-0.15, -0.1) is 0 Å². The minimum Gasteiger partial charge on any atom is -0.378 e. The number of hydrogen-bond donors (Lipinski definition) is 2. The summed E-state index contributed by atoms with van der Waals surface area (Å²) in [5, 5.41) is 7.32. The fourth-order valence-corrected chi connectivity index (χ4v) is 4.35. The molecule has 1 saturated carbocycles. The Labute approximate surface area is 176 Å². The van der Waals surface area contributed by atoms with E-state index in [-0.39, 0.29) is 29.8 Å². The summed E-state index contributed by atoms with van der Waals surface area (Å²) in [7, 11) is 0. The van der Waals surface area contributed by atoms with Crippen LogP contribution in [0.3, 0.4) is 0 Å². The molecule has 0 radical (unpaired) electrons. The Morgan fingerprint density at radius 1 is 1.07 bits per heavy atom. The first-order valence-corrected chi connectivity index (χ1v) is 10.6. The van der Waals surface area contributed by atoms with E-state index in [2.05, 4.69) is 17.6 Å². The van der Waals surface area contributed by atoms with Crippen molar-refractivity contribution in [3.05, 3.63) is 53.1 Å². The van der Waals surface area contributed by atoms with Gasteiger partial charge >= 0.3 is 0 Å². The number of benzene rings is 2. The predicted molar refractivity (Wildman–Crippen MR) is 117 cm³/mol. The lowest BCUT2D eigenvalue weighted by molar-refractivity contribution is -0.122. The van der Waals surface area contributed by atoms with Gasteiger partial charge in [0, 0.05) is 46.5 Å². The smallest absolute Gasteiger partial charge is 0.227 e. The topological polar surface area (TPSA) is 61.4 Å². The Hall–Kier alpha value is -2.53. The molecule has 2 unspecified atom stereocenters. The second-order valence-corrected chi connectivity index (χ2v) is 8.50. The average molecular weight is 412 g/mol. The minimum atomic E-state index is 0.0231. The summed E-state index contributed by atoms with van der Waals surface area (Å²) in [5.74, 6) is 0.240. The SMILES string of the molecule is CC(=O)N1c2ccc(NC(=O)C3CCC3)cc2C(Nc2ccc(Cl)cc2)CC1C. The minimum absolute atomic E-state index is 0.0231. The molecule has 4 rings (SSSR count). The van der Waals surface area contributed by atoms with Crippen LogP contribution in [0.5, 0.6) is 0 Å². The van der Waals surface area contributed by atoms with Gasteiger partial charge in [0.25, 0.3) is 0 Å². The van der Waals surface area contributed by atoms with Gasteiger partial charge in [0.2, 0.25) is 11.8 Å². The number of anilines is 3. The highest BCUT2D eigenvalue weighted by atomic mass is 35.5. The van der Waals surface area contributed by atoms with E-state index in [0.29, 0.717) is 5.02 Å². The third-order valence-electron chi connectivity index (χ3n) is 5.95. The zero-order chi connectivity index (χ0) is 20.5.